The summed E-state index contributed by atoms with van der Waals surface area (Å²) in [6.07, 6.45) is 4.33. The summed E-state index contributed by atoms with van der Waals surface area (Å²) >= 11 is 1.23. The van der Waals surface area contributed by atoms with Crippen LogP contribution in [0.5, 0.6) is 0 Å². The molecule has 3 amide bonds. The molecule has 2 heterocycles. The molecule has 0 saturated heterocycles. The number of carbonyl (C=O) groups excluding carboxylic acids is 2. The first-order valence-corrected chi connectivity index (χ1v) is 11.7. The highest BCUT2D eigenvalue weighted by Crippen LogP contribution is 2.37. The van der Waals surface area contributed by atoms with E-state index in [4.69, 9.17) is 0 Å². The van der Waals surface area contributed by atoms with E-state index in [1.54, 1.807) is 12.4 Å². The zero-order chi connectivity index (χ0) is 23.9. The van der Waals surface area contributed by atoms with E-state index in [-0.39, 0.29) is 0 Å². The predicted octanol–water partition coefficient (Wildman–Crippen LogP) is 4.18. The van der Waals surface area contributed by atoms with E-state index in [1.165, 1.54) is 24.4 Å². The van der Waals surface area contributed by atoms with Gasteiger partial charge in [-0.25, -0.2) is 4.79 Å². The van der Waals surface area contributed by atoms with Crippen molar-refractivity contribution in [3.05, 3.63) is 90.3 Å². The van der Waals surface area contributed by atoms with Crippen molar-refractivity contribution in [3.8, 4) is 17.1 Å². The third-order valence-electron chi connectivity index (χ3n) is 5.20. The molecule has 9 heteroatoms. The fraction of sp³-hybridized carbons (Fsp3) is 0.160. The summed E-state index contributed by atoms with van der Waals surface area (Å²) in [6.45, 7) is 2.10. The van der Waals surface area contributed by atoms with E-state index >= 15 is 0 Å². The van der Waals surface area contributed by atoms with Gasteiger partial charge in [0, 0.05) is 30.7 Å². The average Bonchev–Trinajstić information content (AvgIpc) is 3.31. The Bertz CT molecular complexity index is 1260. The third-order valence-corrected chi connectivity index (χ3v) is 6.40. The molecule has 1 unspecified atom stereocenters. The fourth-order valence-electron chi connectivity index (χ4n) is 3.39. The van der Waals surface area contributed by atoms with Crippen LogP contribution in [0.3, 0.4) is 0 Å². The summed E-state index contributed by atoms with van der Waals surface area (Å²) in [5, 5.41) is 13.5. The van der Waals surface area contributed by atoms with Gasteiger partial charge < -0.3 is 5.32 Å². The molecule has 2 aromatic heterocycles. The average molecular weight is 473 g/mol. The summed E-state index contributed by atoms with van der Waals surface area (Å²) < 4.78 is 1.92. The van der Waals surface area contributed by atoms with Gasteiger partial charge in [0.2, 0.25) is 5.91 Å². The highest BCUT2D eigenvalue weighted by molar-refractivity contribution is 8.00. The lowest BCUT2D eigenvalue weighted by atomic mass is 10.1. The number of aromatic nitrogens is 4. The second-order valence-electron chi connectivity index (χ2n) is 7.37. The molecule has 2 aromatic carbocycles. The zero-order valence-corrected chi connectivity index (χ0v) is 19.6. The van der Waals surface area contributed by atoms with E-state index in [0.29, 0.717) is 11.0 Å². The number of hydrogen-bond donors (Lipinski definition) is 2. The summed E-state index contributed by atoms with van der Waals surface area (Å²) in [4.78, 5) is 29.0. The molecule has 0 aliphatic rings. The van der Waals surface area contributed by atoms with Gasteiger partial charge in [-0.2, -0.15) is 0 Å². The van der Waals surface area contributed by atoms with Crippen LogP contribution in [0.1, 0.15) is 23.3 Å². The number of imide groups is 1. The first kappa shape index (κ1) is 23.2. The number of benzene rings is 2. The topological polar surface area (TPSA) is 102 Å². The second-order valence-corrected chi connectivity index (χ2v) is 8.45. The van der Waals surface area contributed by atoms with Crippen LogP contribution in [-0.4, -0.2) is 38.7 Å². The third kappa shape index (κ3) is 5.15. The number of thioether (sulfide) groups is 1. The van der Waals surface area contributed by atoms with Crippen molar-refractivity contribution < 1.29 is 9.59 Å². The molecule has 2 N–H and O–H groups in total. The number of nitrogens with zero attached hydrogens (tertiary/aromatic N) is 4. The van der Waals surface area contributed by atoms with Crippen molar-refractivity contribution in [2.45, 2.75) is 23.8 Å². The number of aryl methyl sites for hydroxylation is 1. The predicted molar refractivity (Wildman–Crippen MR) is 132 cm³/mol. The van der Waals surface area contributed by atoms with E-state index in [0.717, 1.165) is 23.2 Å². The highest BCUT2D eigenvalue weighted by Gasteiger charge is 2.27. The molecule has 0 fully saturated rings. The van der Waals surface area contributed by atoms with Crippen LogP contribution >= 0.6 is 11.8 Å². The Kier molecular flexibility index (Phi) is 7.34. The highest BCUT2D eigenvalue weighted by atomic mass is 32.2. The van der Waals surface area contributed by atoms with Gasteiger partial charge in [-0.05, 0) is 41.8 Å². The summed E-state index contributed by atoms with van der Waals surface area (Å²) in [5.41, 5.74) is 3.67. The minimum atomic E-state index is -0.721. The number of pyridine rings is 1. The van der Waals surface area contributed by atoms with Gasteiger partial charge >= 0.3 is 6.03 Å². The van der Waals surface area contributed by atoms with Gasteiger partial charge in [-0.3, -0.25) is 19.7 Å². The van der Waals surface area contributed by atoms with E-state index in [1.807, 2.05) is 59.2 Å². The monoisotopic (exact) mass is 472 g/mol. The Hall–Kier alpha value is -3.98. The smallest absolute Gasteiger partial charge is 0.321 e. The van der Waals surface area contributed by atoms with Gasteiger partial charge in [0.1, 0.15) is 5.25 Å². The molecule has 0 spiro atoms. The number of urea groups is 1. The zero-order valence-electron chi connectivity index (χ0n) is 18.8. The van der Waals surface area contributed by atoms with Crippen molar-refractivity contribution in [1.82, 2.24) is 30.4 Å². The largest absolute Gasteiger partial charge is 0.341 e. The Morgan fingerprint density at radius 3 is 2.32 bits per heavy atom. The van der Waals surface area contributed by atoms with Gasteiger partial charge in [0.25, 0.3) is 0 Å². The molecular weight excluding hydrogens is 448 g/mol. The summed E-state index contributed by atoms with van der Waals surface area (Å²) in [6, 6.07) is 20.6. The molecule has 0 aliphatic carbocycles. The summed E-state index contributed by atoms with van der Waals surface area (Å²) in [7, 11) is 1.46. The molecule has 0 radical (unpaired) electrons. The number of carbonyl (C=O) groups is 2. The molecule has 1 atom stereocenters. The molecule has 34 heavy (non-hydrogen) atoms. The van der Waals surface area contributed by atoms with Crippen molar-refractivity contribution >= 4 is 23.7 Å². The standard InChI is InChI=1S/C25H24N6O2S/c1-3-17-9-11-20(12-10-17)31-22(19-13-15-27-16-14-19)29-30-25(31)34-21(18-7-5-4-6-8-18)23(32)28-24(33)26-2/h4-16,21H,3H2,1-2H3,(H2,26,28,32,33). The molecule has 8 nitrogen and oxygen atoms in total. The first-order chi connectivity index (χ1) is 16.6. The van der Waals surface area contributed by atoms with Crippen molar-refractivity contribution in [3.63, 3.8) is 0 Å². The molecule has 4 rings (SSSR count). The van der Waals surface area contributed by atoms with E-state index in [9.17, 15) is 9.59 Å². The number of amides is 3. The number of rotatable bonds is 7. The van der Waals surface area contributed by atoms with Gasteiger partial charge in [-0.15, -0.1) is 10.2 Å². The molecular formula is C25H24N6O2S. The molecule has 172 valence electrons. The van der Waals surface area contributed by atoms with Crippen molar-refractivity contribution in [1.29, 1.82) is 0 Å². The summed E-state index contributed by atoms with van der Waals surface area (Å²) in [5.74, 6) is 0.185. The fourth-order valence-corrected chi connectivity index (χ4v) is 4.45. The normalized spacial score (nSPS) is 11.6. The Balaban J connectivity index is 1.79. The first-order valence-electron chi connectivity index (χ1n) is 10.8. The van der Waals surface area contributed by atoms with Crippen LogP contribution in [0, 0.1) is 0 Å². The lowest BCUT2D eigenvalue weighted by Crippen LogP contribution is -2.39. The lowest BCUT2D eigenvalue weighted by molar-refractivity contribution is -0.119. The maximum atomic E-state index is 13.1. The van der Waals surface area contributed by atoms with Crippen LogP contribution in [-0.2, 0) is 11.2 Å². The molecule has 0 aliphatic heterocycles. The van der Waals surface area contributed by atoms with Crippen molar-refractivity contribution in [2.75, 3.05) is 7.05 Å². The van der Waals surface area contributed by atoms with Crippen LogP contribution in [0.4, 0.5) is 4.79 Å². The second kappa shape index (κ2) is 10.8. The molecule has 4 aromatic rings. The Morgan fingerprint density at radius 2 is 1.68 bits per heavy atom. The SMILES string of the molecule is CCc1ccc(-n2c(SC(C(=O)NC(=O)NC)c3ccccc3)nnc2-c2ccncc2)cc1. The minimum absolute atomic E-state index is 0.447. The van der Waals surface area contributed by atoms with Crippen LogP contribution in [0.15, 0.2) is 84.3 Å². The lowest BCUT2D eigenvalue weighted by Gasteiger charge is -2.17. The van der Waals surface area contributed by atoms with Crippen LogP contribution < -0.4 is 10.6 Å². The maximum absolute atomic E-state index is 13.1. The Morgan fingerprint density at radius 1 is 0.971 bits per heavy atom. The minimum Gasteiger partial charge on any atom is -0.341 e. The number of nitrogens with one attached hydrogen (secondary N) is 2. The van der Waals surface area contributed by atoms with Gasteiger partial charge in [0.05, 0.1) is 0 Å². The number of hydrogen-bond acceptors (Lipinski definition) is 6. The van der Waals surface area contributed by atoms with Crippen molar-refractivity contribution in [2.24, 2.45) is 0 Å². The van der Waals surface area contributed by atoms with E-state index in [2.05, 4.69) is 44.9 Å². The molecule has 0 bridgehead atoms. The van der Waals surface area contributed by atoms with Gasteiger partial charge in [0.15, 0.2) is 11.0 Å². The Labute approximate surface area is 201 Å². The van der Waals surface area contributed by atoms with Crippen LogP contribution in [0.25, 0.3) is 17.1 Å². The van der Waals surface area contributed by atoms with Gasteiger partial charge in [-0.1, -0.05) is 61.2 Å². The maximum Gasteiger partial charge on any atom is 0.321 e. The van der Waals surface area contributed by atoms with Crippen LogP contribution in [0.2, 0.25) is 0 Å². The van der Waals surface area contributed by atoms with E-state index < -0.39 is 17.2 Å². The quantitative estimate of drug-likeness (QED) is 0.391. The molecule has 0 saturated carbocycles.